The minimum atomic E-state index is -0.724. The number of amides is 1. The number of phenols is 1. The molecule has 1 aliphatic carbocycles. The van der Waals surface area contributed by atoms with Gasteiger partial charge in [0, 0.05) is 34.2 Å². The van der Waals surface area contributed by atoms with Gasteiger partial charge in [0.25, 0.3) is 5.91 Å². The molecule has 2 aromatic carbocycles. The number of hydrogen-bond acceptors (Lipinski definition) is 7. The second-order valence-corrected chi connectivity index (χ2v) is 6.59. The summed E-state index contributed by atoms with van der Waals surface area (Å²) in [5, 5.41) is 16.7. The zero-order valence-corrected chi connectivity index (χ0v) is 16.2. The van der Waals surface area contributed by atoms with Gasteiger partial charge in [-0.25, -0.2) is 4.79 Å². The van der Waals surface area contributed by atoms with Crippen molar-refractivity contribution in [3.8, 4) is 28.2 Å². The molecule has 9 nitrogen and oxygen atoms in total. The molecule has 4 rings (SSSR count). The molecule has 0 bridgehead atoms. The number of fused-ring (bicyclic) bond motifs is 2. The number of aromatic hydroxyl groups is 1. The molecule has 1 amide bonds. The Morgan fingerprint density at radius 1 is 1.03 bits per heavy atom. The number of ether oxygens (including phenoxy) is 1. The number of nitrogens with two attached hydrogens (primary N) is 1. The first-order valence-corrected chi connectivity index (χ1v) is 9.00. The third-order valence-electron chi connectivity index (χ3n) is 4.77. The average Bonchev–Trinajstić information content (AvgIpc) is 2.76. The molecule has 154 valence electrons. The van der Waals surface area contributed by atoms with E-state index in [0.29, 0.717) is 27.7 Å². The fraction of sp³-hybridized carbons (Fsp3) is 0.0455. The van der Waals surface area contributed by atoms with Crippen molar-refractivity contribution in [3.63, 3.8) is 0 Å². The molecule has 0 spiro atoms. The third kappa shape index (κ3) is 3.48. The molecule has 9 heteroatoms. The lowest BCUT2D eigenvalue weighted by Crippen LogP contribution is -2.08. The van der Waals surface area contributed by atoms with E-state index in [1.165, 1.54) is 43.5 Å². The van der Waals surface area contributed by atoms with Crippen LogP contribution in [-0.2, 0) is 4.74 Å². The van der Waals surface area contributed by atoms with E-state index < -0.39 is 11.9 Å². The number of phenolic OH excluding ortho intramolecular Hbond substituents is 1. The predicted molar refractivity (Wildman–Crippen MR) is 111 cm³/mol. The van der Waals surface area contributed by atoms with Gasteiger partial charge in [-0.3, -0.25) is 9.59 Å². The molecule has 1 aliphatic heterocycles. The number of nitrogens with zero attached hydrogens (tertiary/aromatic N) is 2. The second-order valence-electron chi connectivity index (χ2n) is 6.59. The molecule has 0 unspecified atom stereocenters. The number of carbonyl (C=O) groups is 2. The summed E-state index contributed by atoms with van der Waals surface area (Å²) in [6.45, 7) is 0. The van der Waals surface area contributed by atoms with Gasteiger partial charge in [-0.1, -0.05) is 16.4 Å². The van der Waals surface area contributed by atoms with Crippen molar-refractivity contribution >= 4 is 22.8 Å². The molecule has 1 heterocycles. The maximum Gasteiger partial charge on any atom is 0.338 e. The van der Waals surface area contributed by atoms with E-state index in [1.54, 1.807) is 18.2 Å². The van der Waals surface area contributed by atoms with Gasteiger partial charge in [-0.2, -0.15) is 0 Å². The molecule has 0 aromatic heterocycles. The molecule has 0 atom stereocenters. The molecule has 3 N–H and O–H groups in total. The molecule has 0 saturated carbocycles. The summed E-state index contributed by atoms with van der Waals surface area (Å²) in [6.07, 6.45) is 0. The third-order valence-corrected chi connectivity index (χ3v) is 4.77. The normalized spacial score (nSPS) is 11.3. The lowest BCUT2D eigenvalue weighted by molar-refractivity contribution is 0.0601. The molecule has 2 aliphatic rings. The van der Waals surface area contributed by atoms with Gasteiger partial charge in [0.05, 0.1) is 12.7 Å². The van der Waals surface area contributed by atoms with Crippen LogP contribution in [0, 0.1) is 0 Å². The summed E-state index contributed by atoms with van der Waals surface area (Å²) < 4.78 is 10.7. The van der Waals surface area contributed by atoms with Crippen molar-refractivity contribution in [3.05, 3.63) is 75.9 Å². The van der Waals surface area contributed by atoms with Crippen molar-refractivity contribution in [2.24, 2.45) is 16.2 Å². The molecular weight excluding hydrogens is 402 g/mol. The standard InChI is InChI=1S/C22H15N3O6/c1-30-22(29)17-8-11(21(28)24-25-23)2-5-14(17)20-15-6-3-12(26)9-18(15)31-19-10-13(27)4-7-16(19)20/h2-10,26H,1H3,(H2,23,24,28). The van der Waals surface area contributed by atoms with Crippen LogP contribution in [0.5, 0.6) is 5.75 Å². The summed E-state index contributed by atoms with van der Waals surface area (Å²) in [5.74, 6) is 3.79. The van der Waals surface area contributed by atoms with Gasteiger partial charge in [0.2, 0.25) is 0 Å². The minimum absolute atomic E-state index is 0.0267. The quantitative estimate of drug-likeness (QED) is 0.170. The van der Waals surface area contributed by atoms with E-state index in [0.717, 1.165) is 0 Å². The zero-order valence-electron chi connectivity index (χ0n) is 16.2. The Hall–Kier alpha value is -4.53. The van der Waals surface area contributed by atoms with E-state index in [9.17, 15) is 19.5 Å². The van der Waals surface area contributed by atoms with Gasteiger partial charge in [0.1, 0.15) is 17.1 Å². The van der Waals surface area contributed by atoms with Crippen LogP contribution in [0.2, 0.25) is 0 Å². The van der Waals surface area contributed by atoms with E-state index >= 15 is 0 Å². The number of rotatable bonds is 3. The van der Waals surface area contributed by atoms with Gasteiger partial charge in [-0.05, 0) is 42.0 Å². The van der Waals surface area contributed by atoms with Crippen molar-refractivity contribution in [1.29, 1.82) is 0 Å². The summed E-state index contributed by atoms with van der Waals surface area (Å²) in [4.78, 5) is 36.6. The van der Waals surface area contributed by atoms with Crippen molar-refractivity contribution < 1.29 is 23.8 Å². The summed E-state index contributed by atoms with van der Waals surface area (Å²) in [5.41, 5.74) is 1.78. The lowest BCUT2D eigenvalue weighted by Gasteiger charge is -2.17. The number of esters is 1. The van der Waals surface area contributed by atoms with E-state index in [4.69, 9.17) is 15.0 Å². The van der Waals surface area contributed by atoms with Crippen LogP contribution in [0.1, 0.15) is 20.7 Å². The van der Waals surface area contributed by atoms with Crippen molar-refractivity contribution in [1.82, 2.24) is 0 Å². The maximum absolute atomic E-state index is 12.6. The molecule has 0 saturated heterocycles. The summed E-state index contributed by atoms with van der Waals surface area (Å²) >= 11 is 0. The number of benzene rings is 3. The van der Waals surface area contributed by atoms with Crippen LogP contribution < -0.4 is 11.3 Å². The largest absolute Gasteiger partial charge is 0.508 e. The fourth-order valence-corrected chi connectivity index (χ4v) is 3.43. The Kier molecular flexibility index (Phi) is 4.92. The highest BCUT2D eigenvalue weighted by Gasteiger charge is 2.23. The van der Waals surface area contributed by atoms with Gasteiger partial charge < -0.3 is 20.1 Å². The van der Waals surface area contributed by atoms with Crippen LogP contribution in [0.3, 0.4) is 0 Å². The zero-order chi connectivity index (χ0) is 22.1. The molecular formula is C22H15N3O6. The van der Waals surface area contributed by atoms with Crippen LogP contribution >= 0.6 is 0 Å². The average molecular weight is 417 g/mol. The number of methoxy groups -OCH3 is 1. The highest BCUT2D eigenvalue weighted by Crippen LogP contribution is 2.42. The highest BCUT2D eigenvalue weighted by atomic mass is 16.5. The summed E-state index contributed by atoms with van der Waals surface area (Å²) in [6, 6.07) is 13.2. The monoisotopic (exact) mass is 417 g/mol. The summed E-state index contributed by atoms with van der Waals surface area (Å²) in [7, 11) is 1.22. The Bertz CT molecular complexity index is 1410. The smallest absolute Gasteiger partial charge is 0.338 e. The van der Waals surface area contributed by atoms with E-state index in [2.05, 4.69) is 10.3 Å². The first kappa shape index (κ1) is 19.8. The molecule has 0 fully saturated rings. The van der Waals surface area contributed by atoms with Crippen LogP contribution in [-0.4, -0.2) is 24.1 Å². The van der Waals surface area contributed by atoms with Gasteiger partial charge in [-0.15, -0.1) is 0 Å². The highest BCUT2D eigenvalue weighted by molar-refractivity contribution is 6.09. The first-order chi connectivity index (χ1) is 14.9. The van der Waals surface area contributed by atoms with Crippen LogP contribution in [0.25, 0.3) is 33.4 Å². The molecule has 31 heavy (non-hydrogen) atoms. The van der Waals surface area contributed by atoms with Crippen molar-refractivity contribution in [2.45, 2.75) is 0 Å². The molecule has 2 aromatic rings. The number of hydrogen-bond donors (Lipinski definition) is 2. The predicted octanol–water partition coefficient (Wildman–Crippen LogP) is 3.52. The fourth-order valence-electron chi connectivity index (χ4n) is 3.43. The first-order valence-electron chi connectivity index (χ1n) is 9.00. The second kappa shape index (κ2) is 7.71. The molecule has 0 radical (unpaired) electrons. The van der Waals surface area contributed by atoms with Crippen LogP contribution in [0.4, 0.5) is 0 Å². The minimum Gasteiger partial charge on any atom is -0.508 e. The Morgan fingerprint density at radius 3 is 2.55 bits per heavy atom. The topological polar surface area (TPSA) is 145 Å². The van der Waals surface area contributed by atoms with E-state index in [-0.39, 0.29) is 28.1 Å². The Labute approximate surface area is 174 Å². The maximum atomic E-state index is 12.6. The Balaban J connectivity index is 2.11. The lowest BCUT2D eigenvalue weighted by atomic mass is 9.90. The SMILES string of the molecule is COC(=O)c1cc(C(=O)N=NN)ccc1-c1c2ccc(=O)cc-2oc2cc(O)ccc12. The van der Waals surface area contributed by atoms with Gasteiger partial charge >= 0.3 is 5.97 Å². The Morgan fingerprint density at radius 2 is 1.81 bits per heavy atom. The van der Waals surface area contributed by atoms with Crippen LogP contribution in [0.15, 0.2) is 74.1 Å². The van der Waals surface area contributed by atoms with E-state index in [1.807, 2.05) is 0 Å². The van der Waals surface area contributed by atoms with Crippen molar-refractivity contribution in [2.75, 3.05) is 7.11 Å². The number of carbonyl (C=O) groups excluding carboxylic acids is 2. The van der Waals surface area contributed by atoms with Gasteiger partial charge in [0.15, 0.2) is 5.43 Å².